The summed E-state index contributed by atoms with van der Waals surface area (Å²) in [5, 5.41) is 21.4. The average molecular weight is 536 g/mol. The second-order valence-corrected chi connectivity index (χ2v) is 8.10. The van der Waals surface area contributed by atoms with Gasteiger partial charge in [-0.05, 0) is 61.2 Å². The molecule has 0 unspecified atom stereocenters. The molecule has 2 rings (SSSR count). The number of nitrogens with zero attached hydrogens (tertiary/aromatic N) is 3. The van der Waals surface area contributed by atoms with Gasteiger partial charge in [-0.15, -0.1) is 9.81 Å². The van der Waals surface area contributed by atoms with Crippen LogP contribution < -0.4 is 11.0 Å². The maximum absolute atomic E-state index is 9.65. The number of aromatic nitrogens is 1. The molecular formula is C23H34CoN5O4S-. The topological polar surface area (TPSA) is 136 Å². The first-order chi connectivity index (χ1) is 15.4. The zero-order valence-corrected chi connectivity index (χ0v) is 22.3. The monoisotopic (exact) mass is 535 g/mol. The molecule has 0 atom stereocenters. The minimum absolute atomic E-state index is 0. The smallest absolute Gasteiger partial charge is 0.103 e. The van der Waals surface area contributed by atoms with Crippen molar-refractivity contribution in [3.8, 4) is 0 Å². The van der Waals surface area contributed by atoms with Crippen LogP contribution in [0.4, 0.5) is 0 Å². The van der Waals surface area contributed by atoms with Crippen molar-refractivity contribution in [1.29, 1.82) is 0 Å². The number of nitrogens with one attached hydrogen (secondary N) is 2. The molecule has 0 aliphatic heterocycles. The summed E-state index contributed by atoms with van der Waals surface area (Å²) in [7, 11) is 0. The number of rotatable bonds is 4. The van der Waals surface area contributed by atoms with Crippen molar-refractivity contribution in [2.24, 2.45) is 10.4 Å². The number of benzene rings is 1. The summed E-state index contributed by atoms with van der Waals surface area (Å²) in [4.78, 5) is 24.0. The van der Waals surface area contributed by atoms with E-state index in [4.69, 9.17) is 23.0 Å². The van der Waals surface area contributed by atoms with Gasteiger partial charge in [0, 0.05) is 29.2 Å². The van der Waals surface area contributed by atoms with Gasteiger partial charge in [-0.3, -0.25) is 26.4 Å². The van der Waals surface area contributed by atoms with Gasteiger partial charge in [0.1, 0.15) is 11.4 Å². The number of hydrogen-bond acceptors (Lipinski definition) is 10. The molecule has 9 nitrogen and oxygen atoms in total. The Morgan fingerprint density at radius 2 is 1.21 bits per heavy atom. The van der Waals surface area contributed by atoms with E-state index in [1.54, 1.807) is 37.2 Å². The second-order valence-electron chi connectivity index (χ2n) is 7.63. The maximum atomic E-state index is 9.65. The number of hydrogen-bond donors (Lipinski definition) is 4. The first-order valence-corrected chi connectivity index (χ1v) is 10.3. The predicted molar refractivity (Wildman–Crippen MR) is 133 cm³/mol. The van der Waals surface area contributed by atoms with Gasteiger partial charge in [0.15, 0.2) is 0 Å². The molecule has 0 saturated carbocycles. The number of hydroxylamine groups is 2. The van der Waals surface area contributed by atoms with E-state index in [-0.39, 0.29) is 33.6 Å². The van der Waals surface area contributed by atoms with Crippen molar-refractivity contribution < 1.29 is 27.2 Å². The minimum atomic E-state index is 0. The van der Waals surface area contributed by atoms with E-state index in [0.717, 1.165) is 4.90 Å². The van der Waals surface area contributed by atoms with Gasteiger partial charge >= 0.3 is 0 Å². The van der Waals surface area contributed by atoms with Crippen molar-refractivity contribution in [1.82, 2.24) is 15.9 Å². The van der Waals surface area contributed by atoms with Crippen LogP contribution in [-0.2, 0) is 34.8 Å². The third-order valence-corrected chi connectivity index (χ3v) is 4.25. The average Bonchev–Trinajstić information content (AvgIpc) is 2.83. The van der Waals surface area contributed by atoms with Gasteiger partial charge in [0.2, 0.25) is 0 Å². The van der Waals surface area contributed by atoms with Crippen molar-refractivity contribution in [2.75, 3.05) is 0 Å². The van der Waals surface area contributed by atoms with Crippen LogP contribution in [0.1, 0.15) is 54.0 Å². The largest absolute Gasteiger partial charge is 0.780 e. The Hall–Kier alpha value is -2.70. The number of pyridine rings is 1. The third-order valence-electron chi connectivity index (χ3n) is 3.98. The Morgan fingerprint density at radius 1 is 0.824 bits per heavy atom. The van der Waals surface area contributed by atoms with Crippen LogP contribution >= 0.6 is 0 Å². The quantitative estimate of drug-likeness (QED) is 0.215. The Bertz CT molecular complexity index is 814. The van der Waals surface area contributed by atoms with Crippen molar-refractivity contribution in [3.63, 3.8) is 0 Å². The van der Waals surface area contributed by atoms with Crippen LogP contribution in [0.3, 0.4) is 0 Å². The van der Waals surface area contributed by atoms with Gasteiger partial charge in [0.05, 0.1) is 11.4 Å². The molecule has 0 spiro atoms. The Balaban J connectivity index is -0.000000382. The summed E-state index contributed by atoms with van der Waals surface area (Å²) in [6.07, 6.45) is 3.50. The maximum Gasteiger partial charge on any atom is 0.103 e. The van der Waals surface area contributed by atoms with Crippen LogP contribution in [0.15, 0.2) is 92.9 Å². The van der Waals surface area contributed by atoms with Gasteiger partial charge in [-0.25, -0.2) is 0 Å². The molecule has 4 N–H and O–H groups in total. The van der Waals surface area contributed by atoms with Gasteiger partial charge in [0.25, 0.3) is 0 Å². The van der Waals surface area contributed by atoms with E-state index in [0.29, 0.717) is 11.4 Å². The predicted octanol–water partition coefficient (Wildman–Crippen LogP) is 5.94. The molecule has 34 heavy (non-hydrogen) atoms. The van der Waals surface area contributed by atoms with E-state index in [9.17, 15) is 9.81 Å². The SMILES string of the molecule is C/C(N=O)=C(\C)NO.C/C(N=O)=C(\C)NO.CC(C)(C)c1ccc([S-])cc1.[Co].c1ccncc1. The molecule has 11 heteroatoms. The number of nitroso groups, excluding NO2 is 2. The van der Waals surface area contributed by atoms with E-state index in [1.807, 2.05) is 30.3 Å². The van der Waals surface area contributed by atoms with Crippen LogP contribution in [0.5, 0.6) is 0 Å². The first-order valence-electron chi connectivity index (χ1n) is 9.88. The van der Waals surface area contributed by atoms with E-state index in [2.05, 4.69) is 48.2 Å². The van der Waals surface area contributed by atoms with Crippen LogP contribution in [0.25, 0.3) is 0 Å². The van der Waals surface area contributed by atoms with E-state index >= 15 is 0 Å². The zero-order chi connectivity index (χ0) is 25.9. The fourth-order valence-corrected chi connectivity index (χ4v) is 1.70. The molecule has 1 heterocycles. The molecule has 191 valence electrons. The van der Waals surface area contributed by atoms with Gasteiger partial charge < -0.3 is 12.6 Å². The fraction of sp³-hybridized carbons (Fsp3) is 0.348. The number of allylic oxidation sites excluding steroid dienone is 4. The summed E-state index contributed by atoms with van der Waals surface area (Å²) in [5.41, 5.74) is 6.44. The first kappa shape index (κ1) is 35.9. The standard InChI is InChI=1S/C10H14S.C5H5N.2C4H8N2O2.Co/c1-10(2,3)8-4-6-9(11)7-5-8;1-2-4-6-5-3-1;2*1-3(5-7)4(2)6-8;/h4-7,11H,1-3H3;1-5H;2*5,7H,1-2H3;/p-1/b;;2*4-3-;. The molecule has 0 amide bonds. The molecule has 1 aromatic carbocycles. The molecule has 0 fully saturated rings. The molecule has 0 aliphatic carbocycles. The summed E-state index contributed by atoms with van der Waals surface area (Å²) in [6.45, 7) is 12.7. The molecular weight excluding hydrogens is 501 g/mol. The van der Waals surface area contributed by atoms with Crippen LogP contribution in [-0.4, -0.2) is 15.4 Å². The zero-order valence-electron chi connectivity index (χ0n) is 20.5. The third kappa shape index (κ3) is 18.8. The molecule has 0 bridgehead atoms. The molecule has 1 aromatic heterocycles. The molecule has 0 saturated heterocycles. The molecule has 2 aromatic rings. The summed E-state index contributed by atoms with van der Waals surface area (Å²) in [5.74, 6) is 0. The Kier molecular flexibility index (Phi) is 22.0. The normalized spacial score (nSPS) is 11.0. The fourth-order valence-electron chi connectivity index (χ4n) is 1.57. The summed E-state index contributed by atoms with van der Waals surface area (Å²) in [6, 6.07) is 13.9. The van der Waals surface area contributed by atoms with Crippen LogP contribution in [0.2, 0.25) is 0 Å². The Labute approximate surface area is 217 Å². The Morgan fingerprint density at radius 3 is 1.38 bits per heavy atom. The van der Waals surface area contributed by atoms with Crippen molar-refractivity contribution in [3.05, 3.63) is 93.0 Å². The van der Waals surface area contributed by atoms with Gasteiger partial charge in [-0.1, -0.05) is 51.1 Å². The van der Waals surface area contributed by atoms with E-state index in [1.165, 1.54) is 19.4 Å². The second kappa shape index (κ2) is 20.9. The van der Waals surface area contributed by atoms with E-state index < -0.39 is 0 Å². The van der Waals surface area contributed by atoms with Crippen molar-refractivity contribution in [2.45, 2.75) is 58.8 Å². The summed E-state index contributed by atoms with van der Waals surface area (Å²) >= 11 is 4.99. The van der Waals surface area contributed by atoms with Crippen LogP contribution in [0, 0.1) is 9.81 Å². The minimum Gasteiger partial charge on any atom is -0.780 e. The summed E-state index contributed by atoms with van der Waals surface area (Å²) < 4.78 is 0. The molecule has 1 radical (unpaired) electrons. The van der Waals surface area contributed by atoms with Crippen molar-refractivity contribution >= 4 is 12.6 Å². The molecule has 0 aliphatic rings. The van der Waals surface area contributed by atoms with Gasteiger partial charge in [-0.2, -0.15) is 4.90 Å².